The second kappa shape index (κ2) is 12.9. The van der Waals surface area contributed by atoms with Crippen LogP contribution >= 0.6 is 0 Å². The minimum absolute atomic E-state index is 0.135. The van der Waals surface area contributed by atoms with E-state index in [1.54, 1.807) is 29.6 Å². The van der Waals surface area contributed by atoms with Gasteiger partial charge in [0, 0.05) is 36.2 Å². The summed E-state index contributed by atoms with van der Waals surface area (Å²) in [5.41, 5.74) is 6.54. The highest BCUT2D eigenvalue weighted by atomic mass is 16.5. The molecule has 0 aliphatic heterocycles. The number of carbonyl (C=O) groups excluding carboxylic acids is 1. The third-order valence-electron chi connectivity index (χ3n) is 8.27. The van der Waals surface area contributed by atoms with Crippen LogP contribution in [0.25, 0.3) is 22.2 Å². The molecule has 2 N–H and O–H groups in total. The van der Waals surface area contributed by atoms with E-state index in [-0.39, 0.29) is 23.4 Å². The first-order chi connectivity index (χ1) is 21.8. The molecule has 3 heterocycles. The third-order valence-corrected chi connectivity index (χ3v) is 8.27. The molecule has 0 unspecified atom stereocenters. The van der Waals surface area contributed by atoms with Crippen molar-refractivity contribution in [2.24, 2.45) is 5.92 Å². The Bertz CT molecular complexity index is 1850. The summed E-state index contributed by atoms with van der Waals surface area (Å²) in [6, 6.07) is 21.5. The van der Waals surface area contributed by atoms with Gasteiger partial charge in [0.05, 0.1) is 0 Å². The first-order valence-corrected chi connectivity index (χ1v) is 15.6. The average Bonchev–Trinajstić information content (AvgIpc) is 3.87. The predicted molar refractivity (Wildman–Crippen MR) is 180 cm³/mol. The van der Waals surface area contributed by atoms with Gasteiger partial charge in [-0.1, -0.05) is 39.8 Å². The van der Waals surface area contributed by atoms with Gasteiger partial charge in [0.15, 0.2) is 0 Å². The van der Waals surface area contributed by atoms with E-state index in [1.165, 1.54) is 0 Å². The van der Waals surface area contributed by atoms with Crippen molar-refractivity contribution in [2.45, 2.75) is 59.0 Å². The zero-order valence-corrected chi connectivity index (χ0v) is 26.2. The number of hydrogen-bond donors (Lipinski definition) is 2. The summed E-state index contributed by atoms with van der Waals surface area (Å²) in [6.07, 6.45) is 7.26. The van der Waals surface area contributed by atoms with Crippen molar-refractivity contribution in [1.29, 1.82) is 0 Å². The Morgan fingerprint density at radius 2 is 1.67 bits per heavy atom. The second-order valence-electron chi connectivity index (χ2n) is 12.4. The monoisotopic (exact) mass is 601 g/mol. The van der Waals surface area contributed by atoms with Crippen molar-refractivity contribution in [1.82, 2.24) is 15.0 Å². The number of nitrogens with one attached hydrogen (secondary N) is 2. The van der Waals surface area contributed by atoms with E-state index in [4.69, 9.17) is 4.74 Å². The summed E-state index contributed by atoms with van der Waals surface area (Å²) in [5.74, 6) is 1.43. The molecule has 5 aromatic rings. The topological polar surface area (TPSA) is 100 Å². The minimum atomic E-state index is -0.327. The van der Waals surface area contributed by atoms with Gasteiger partial charge in [-0.05, 0) is 113 Å². The Morgan fingerprint density at radius 1 is 0.933 bits per heavy atom. The maximum Gasteiger partial charge on any atom is 0.326 e. The molecule has 1 aliphatic rings. The summed E-state index contributed by atoms with van der Waals surface area (Å²) < 4.78 is 6.11. The molecule has 230 valence electrons. The fourth-order valence-corrected chi connectivity index (χ4v) is 5.57. The SMILES string of the molecule is CC(C)c1cc(-c2cccc(OCc3ccncc3)c2)cc(C(C)C)c1NC(=O)N(CC1CC1)c1cc2cccnc2[nH]c1=O. The van der Waals surface area contributed by atoms with Crippen LogP contribution in [0.1, 0.15) is 69.1 Å². The Morgan fingerprint density at radius 3 is 2.36 bits per heavy atom. The van der Waals surface area contributed by atoms with E-state index < -0.39 is 0 Å². The Kier molecular flexibility index (Phi) is 8.65. The summed E-state index contributed by atoms with van der Waals surface area (Å²) in [5, 5.41) is 4.05. The van der Waals surface area contributed by atoms with Crippen LogP contribution in [-0.2, 0) is 6.61 Å². The summed E-state index contributed by atoms with van der Waals surface area (Å²) >= 11 is 0. The molecule has 2 amide bonds. The lowest BCUT2D eigenvalue weighted by atomic mass is 9.88. The number of nitrogens with zero attached hydrogens (tertiary/aromatic N) is 3. The van der Waals surface area contributed by atoms with E-state index in [1.807, 2.05) is 36.4 Å². The number of benzene rings is 2. The van der Waals surface area contributed by atoms with Crippen molar-refractivity contribution in [3.8, 4) is 16.9 Å². The molecule has 0 spiro atoms. The van der Waals surface area contributed by atoms with Crippen LogP contribution in [0.3, 0.4) is 0 Å². The van der Waals surface area contributed by atoms with Crippen molar-refractivity contribution >= 4 is 28.4 Å². The fourth-order valence-electron chi connectivity index (χ4n) is 5.57. The van der Waals surface area contributed by atoms with Gasteiger partial charge in [-0.3, -0.25) is 14.7 Å². The van der Waals surface area contributed by atoms with Crippen molar-refractivity contribution in [3.63, 3.8) is 0 Å². The Balaban J connectivity index is 1.34. The molecule has 0 radical (unpaired) electrons. The predicted octanol–water partition coefficient (Wildman–Crippen LogP) is 8.26. The highest BCUT2D eigenvalue weighted by molar-refractivity contribution is 6.03. The Hall–Kier alpha value is -4.98. The average molecular weight is 602 g/mol. The van der Waals surface area contributed by atoms with E-state index in [0.29, 0.717) is 30.4 Å². The molecule has 2 aromatic carbocycles. The van der Waals surface area contributed by atoms with Gasteiger partial charge < -0.3 is 15.0 Å². The largest absolute Gasteiger partial charge is 0.489 e. The van der Waals surface area contributed by atoms with Gasteiger partial charge in [-0.2, -0.15) is 0 Å². The Labute approximate surface area is 263 Å². The summed E-state index contributed by atoms with van der Waals surface area (Å²) in [4.78, 5) is 40.1. The molecule has 8 nitrogen and oxygen atoms in total. The molecule has 1 fully saturated rings. The second-order valence-corrected chi connectivity index (χ2v) is 12.4. The van der Waals surface area contributed by atoms with Gasteiger partial charge >= 0.3 is 6.03 Å². The van der Waals surface area contributed by atoms with Crippen molar-refractivity contribution < 1.29 is 9.53 Å². The molecule has 0 bridgehead atoms. The van der Waals surface area contributed by atoms with Crippen LogP contribution < -0.4 is 20.5 Å². The molecular weight excluding hydrogens is 562 g/mol. The van der Waals surface area contributed by atoms with Crippen LogP contribution in [0.5, 0.6) is 5.75 Å². The molecular formula is C37H39N5O3. The maximum absolute atomic E-state index is 14.1. The molecule has 1 aliphatic carbocycles. The zero-order chi connectivity index (χ0) is 31.5. The standard InChI is InChI=1S/C37H39N5O3/c1-23(2)31-18-29(27-7-5-9-30(17-27)45-22-26-12-15-38-16-13-26)19-32(24(3)4)34(31)40-37(44)42(21-25-10-11-25)33-20-28-8-6-14-39-35(28)41-36(33)43/h5-9,12-20,23-25H,10-11,21-22H2,1-4H3,(H,40,44)(H,39,41,43). The quantitative estimate of drug-likeness (QED) is 0.168. The zero-order valence-electron chi connectivity index (χ0n) is 26.2. The van der Waals surface area contributed by atoms with Gasteiger partial charge in [-0.15, -0.1) is 0 Å². The number of amides is 2. The van der Waals surface area contributed by atoms with Crippen LogP contribution in [0.15, 0.2) is 90.1 Å². The van der Waals surface area contributed by atoms with E-state index >= 15 is 0 Å². The number of aromatic amines is 1. The molecule has 3 aromatic heterocycles. The lowest BCUT2D eigenvalue weighted by molar-refractivity contribution is 0.256. The van der Waals surface area contributed by atoms with Gasteiger partial charge in [0.1, 0.15) is 23.7 Å². The molecule has 1 saturated carbocycles. The number of carbonyl (C=O) groups is 1. The number of ether oxygens (including phenoxy) is 1. The van der Waals surface area contributed by atoms with Crippen LogP contribution in [0.2, 0.25) is 0 Å². The molecule has 45 heavy (non-hydrogen) atoms. The number of fused-ring (bicyclic) bond motifs is 1. The highest BCUT2D eigenvalue weighted by Crippen LogP contribution is 2.39. The maximum atomic E-state index is 14.1. The first-order valence-electron chi connectivity index (χ1n) is 15.6. The minimum Gasteiger partial charge on any atom is -0.489 e. The number of H-pyrrole nitrogens is 1. The van der Waals surface area contributed by atoms with Crippen LogP contribution in [-0.4, -0.2) is 27.5 Å². The molecule has 0 saturated heterocycles. The highest BCUT2D eigenvalue weighted by Gasteiger charge is 2.30. The van der Waals surface area contributed by atoms with Crippen LogP contribution in [0, 0.1) is 5.92 Å². The normalized spacial score (nSPS) is 12.9. The van der Waals surface area contributed by atoms with Crippen LogP contribution in [0.4, 0.5) is 16.2 Å². The number of aromatic nitrogens is 3. The van der Waals surface area contributed by atoms with Crippen molar-refractivity contribution in [3.05, 3.63) is 112 Å². The molecule has 0 atom stereocenters. The van der Waals surface area contributed by atoms with Crippen molar-refractivity contribution in [2.75, 3.05) is 16.8 Å². The number of urea groups is 1. The smallest absolute Gasteiger partial charge is 0.326 e. The van der Waals surface area contributed by atoms with Gasteiger partial charge in [-0.25, -0.2) is 9.78 Å². The fraction of sp³-hybridized carbons (Fsp3) is 0.297. The number of pyridine rings is 3. The number of anilines is 2. The number of hydrogen-bond acceptors (Lipinski definition) is 5. The third kappa shape index (κ3) is 6.90. The van der Waals surface area contributed by atoms with E-state index in [2.05, 4.69) is 72.2 Å². The lowest BCUT2D eigenvalue weighted by Gasteiger charge is -2.27. The van der Waals surface area contributed by atoms with Gasteiger partial charge in [0.25, 0.3) is 5.56 Å². The molecule has 8 heteroatoms. The van der Waals surface area contributed by atoms with Gasteiger partial charge in [0.2, 0.25) is 0 Å². The first kappa shape index (κ1) is 30.1. The van der Waals surface area contributed by atoms with E-state index in [9.17, 15) is 9.59 Å². The summed E-state index contributed by atoms with van der Waals surface area (Å²) in [7, 11) is 0. The lowest BCUT2D eigenvalue weighted by Crippen LogP contribution is -2.40. The number of rotatable bonds is 10. The van der Waals surface area contributed by atoms with E-state index in [0.717, 1.165) is 57.5 Å². The summed E-state index contributed by atoms with van der Waals surface area (Å²) in [6.45, 7) is 9.48. The molecule has 6 rings (SSSR count).